The van der Waals surface area contributed by atoms with Crippen LogP contribution in [0.25, 0.3) is 0 Å². The van der Waals surface area contributed by atoms with Crippen molar-refractivity contribution in [2.75, 3.05) is 18.5 Å². The Morgan fingerprint density at radius 3 is 2.68 bits per heavy atom. The lowest BCUT2D eigenvalue weighted by Crippen LogP contribution is -2.23. The van der Waals surface area contributed by atoms with Crippen LogP contribution in [-0.4, -0.2) is 34.0 Å². The van der Waals surface area contributed by atoms with Crippen molar-refractivity contribution < 1.29 is 14.5 Å². The van der Waals surface area contributed by atoms with Gasteiger partial charge in [0.1, 0.15) is 6.33 Å². The minimum absolute atomic E-state index is 0.0803. The first kappa shape index (κ1) is 18.1. The van der Waals surface area contributed by atoms with E-state index in [0.29, 0.717) is 26.0 Å². The number of aromatic nitrogens is 2. The van der Waals surface area contributed by atoms with Gasteiger partial charge in [-0.15, -0.1) is 0 Å². The highest BCUT2D eigenvalue weighted by molar-refractivity contribution is 6.31. The summed E-state index contributed by atoms with van der Waals surface area (Å²) in [6, 6.07) is 0. The van der Waals surface area contributed by atoms with E-state index >= 15 is 0 Å². The number of ether oxygens (including phenoxy) is 1. The van der Waals surface area contributed by atoms with E-state index in [2.05, 4.69) is 15.3 Å². The molecule has 0 fully saturated rings. The van der Waals surface area contributed by atoms with Gasteiger partial charge >= 0.3 is 11.7 Å². The van der Waals surface area contributed by atoms with Crippen LogP contribution in [0.3, 0.4) is 0 Å². The molecular formula is C13H19ClN4O4. The van der Waals surface area contributed by atoms with Gasteiger partial charge in [0.15, 0.2) is 0 Å². The maximum absolute atomic E-state index is 11.5. The molecule has 1 aromatic rings. The number of nitro groups is 1. The molecule has 1 N–H and O–H groups in total. The lowest BCUT2D eigenvalue weighted by atomic mass is 9.97. The van der Waals surface area contributed by atoms with Crippen molar-refractivity contribution in [3.05, 3.63) is 21.6 Å². The van der Waals surface area contributed by atoms with Gasteiger partial charge in [-0.3, -0.25) is 14.9 Å². The number of halogens is 1. The number of carbonyl (C=O) groups is 1. The topological polar surface area (TPSA) is 107 Å². The first-order chi connectivity index (χ1) is 10.2. The fourth-order valence-corrected chi connectivity index (χ4v) is 1.67. The van der Waals surface area contributed by atoms with Gasteiger partial charge in [-0.2, -0.15) is 0 Å². The van der Waals surface area contributed by atoms with E-state index in [9.17, 15) is 14.9 Å². The third-order valence-corrected chi connectivity index (χ3v) is 2.95. The van der Waals surface area contributed by atoms with Gasteiger partial charge in [-0.05, 0) is 33.6 Å². The van der Waals surface area contributed by atoms with Crippen LogP contribution in [-0.2, 0) is 9.53 Å². The lowest BCUT2D eigenvalue weighted by Gasteiger charge is -2.16. The van der Waals surface area contributed by atoms with Crippen molar-refractivity contribution in [1.29, 1.82) is 0 Å². The number of carbonyl (C=O) groups excluding carboxylic acids is 1. The van der Waals surface area contributed by atoms with Crippen molar-refractivity contribution in [3.8, 4) is 0 Å². The Labute approximate surface area is 133 Å². The second kappa shape index (κ2) is 7.88. The summed E-state index contributed by atoms with van der Waals surface area (Å²) in [6.07, 6.45) is 2.46. The van der Waals surface area contributed by atoms with Crippen LogP contribution in [0.1, 0.15) is 33.6 Å². The molecule has 0 saturated heterocycles. The van der Waals surface area contributed by atoms with Gasteiger partial charge in [-0.25, -0.2) is 9.97 Å². The van der Waals surface area contributed by atoms with Crippen LogP contribution in [0.2, 0.25) is 5.15 Å². The monoisotopic (exact) mass is 330 g/mol. The van der Waals surface area contributed by atoms with E-state index in [1.54, 1.807) is 20.8 Å². The Morgan fingerprint density at radius 1 is 1.41 bits per heavy atom. The maximum Gasteiger partial charge on any atom is 0.348 e. The zero-order valence-corrected chi connectivity index (χ0v) is 13.5. The molecule has 0 spiro atoms. The summed E-state index contributed by atoms with van der Waals surface area (Å²) in [6.45, 7) is 6.12. The molecule has 0 aliphatic heterocycles. The fourth-order valence-electron chi connectivity index (χ4n) is 1.46. The lowest BCUT2D eigenvalue weighted by molar-refractivity contribution is -0.384. The van der Waals surface area contributed by atoms with Gasteiger partial charge in [-0.1, -0.05) is 11.6 Å². The number of nitrogens with zero attached hydrogens (tertiary/aromatic N) is 3. The zero-order chi connectivity index (χ0) is 16.8. The Morgan fingerprint density at radius 2 is 2.09 bits per heavy atom. The number of esters is 1. The number of unbranched alkanes of at least 4 members (excludes halogenated alkanes) is 1. The molecule has 0 aromatic carbocycles. The Kier molecular flexibility index (Phi) is 6.48. The maximum atomic E-state index is 11.5. The minimum Gasteiger partial charge on any atom is -0.465 e. The Hall–Kier alpha value is -1.96. The third kappa shape index (κ3) is 5.44. The summed E-state index contributed by atoms with van der Waals surface area (Å²) in [5.41, 5.74) is -0.861. The summed E-state index contributed by atoms with van der Waals surface area (Å²) in [5, 5.41) is 13.5. The summed E-state index contributed by atoms with van der Waals surface area (Å²) in [5.74, 6) is -0.171. The van der Waals surface area contributed by atoms with Crippen LogP contribution in [0.5, 0.6) is 0 Å². The van der Waals surface area contributed by atoms with Crippen molar-refractivity contribution in [2.24, 2.45) is 5.41 Å². The molecular weight excluding hydrogens is 312 g/mol. The highest BCUT2D eigenvalue weighted by Crippen LogP contribution is 2.28. The minimum atomic E-state index is -0.629. The second-order valence-corrected chi connectivity index (χ2v) is 6.00. The van der Waals surface area contributed by atoms with Crippen molar-refractivity contribution in [3.63, 3.8) is 0 Å². The van der Waals surface area contributed by atoms with Crippen LogP contribution in [0.4, 0.5) is 11.5 Å². The van der Waals surface area contributed by atoms with Gasteiger partial charge < -0.3 is 10.1 Å². The second-order valence-electron chi connectivity index (χ2n) is 5.64. The molecule has 0 saturated carbocycles. The predicted molar refractivity (Wildman–Crippen MR) is 81.8 cm³/mol. The largest absolute Gasteiger partial charge is 0.465 e. The number of hydrogen-bond acceptors (Lipinski definition) is 7. The Bertz CT molecular complexity index is 545. The first-order valence-electron chi connectivity index (χ1n) is 6.79. The fraction of sp³-hybridized carbons (Fsp3) is 0.615. The molecule has 8 nitrogen and oxygen atoms in total. The molecule has 0 atom stereocenters. The highest BCUT2D eigenvalue weighted by Gasteiger charge is 2.23. The molecule has 22 heavy (non-hydrogen) atoms. The number of rotatable bonds is 7. The van der Waals surface area contributed by atoms with E-state index in [1.165, 1.54) is 0 Å². The van der Waals surface area contributed by atoms with Crippen molar-refractivity contribution in [2.45, 2.75) is 33.6 Å². The molecule has 1 rings (SSSR count). The smallest absolute Gasteiger partial charge is 0.348 e. The molecule has 0 aliphatic rings. The SMILES string of the molecule is CC(C)(C)C(=O)OCCCCNc1ncnc(Cl)c1[N+](=O)[O-]. The van der Waals surface area contributed by atoms with E-state index < -0.39 is 10.3 Å². The number of hydrogen-bond donors (Lipinski definition) is 1. The van der Waals surface area contributed by atoms with E-state index in [-0.39, 0.29) is 22.6 Å². The predicted octanol–water partition coefficient (Wildman–Crippen LogP) is 2.82. The summed E-state index contributed by atoms with van der Waals surface area (Å²) < 4.78 is 5.12. The molecule has 1 heterocycles. The number of anilines is 1. The van der Waals surface area contributed by atoms with Crippen molar-refractivity contribution in [1.82, 2.24) is 9.97 Å². The summed E-state index contributed by atoms with van der Waals surface area (Å²) in [7, 11) is 0. The quantitative estimate of drug-likeness (QED) is 0.269. The van der Waals surface area contributed by atoms with Crippen LogP contribution < -0.4 is 5.32 Å². The van der Waals surface area contributed by atoms with E-state index in [0.717, 1.165) is 6.33 Å². The van der Waals surface area contributed by atoms with Gasteiger partial charge in [0.05, 0.1) is 16.9 Å². The third-order valence-electron chi connectivity index (χ3n) is 2.67. The molecule has 122 valence electrons. The highest BCUT2D eigenvalue weighted by atomic mass is 35.5. The standard InChI is InChI=1S/C13H19ClN4O4/c1-13(2,3)12(19)22-7-5-4-6-15-11-9(18(20)21)10(14)16-8-17-11/h8H,4-7H2,1-3H3,(H,15,16,17). The van der Waals surface area contributed by atoms with Crippen LogP contribution >= 0.6 is 11.6 Å². The molecule has 0 unspecified atom stereocenters. The normalized spacial score (nSPS) is 11.1. The molecule has 0 radical (unpaired) electrons. The zero-order valence-electron chi connectivity index (χ0n) is 12.8. The van der Waals surface area contributed by atoms with Gasteiger partial charge in [0.25, 0.3) is 0 Å². The van der Waals surface area contributed by atoms with Gasteiger partial charge in [0.2, 0.25) is 11.0 Å². The van der Waals surface area contributed by atoms with Gasteiger partial charge in [0, 0.05) is 6.54 Å². The number of nitrogens with one attached hydrogen (secondary N) is 1. The first-order valence-corrected chi connectivity index (χ1v) is 7.17. The van der Waals surface area contributed by atoms with Crippen molar-refractivity contribution >= 4 is 29.1 Å². The molecule has 9 heteroatoms. The summed E-state index contributed by atoms with van der Waals surface area (Å²) in [4.78, 5) is 29.2. The molecule has 0 aliphatic carbocycles. The van der Waals surface area contributed by atoms with E-state index in [4.69, 9.17) is 16.3 Å². The van der Waals surface area contributed by atoms with Crippen LogP contribution in [0, 0.1) is 15.5 Å². The average molecular weight is 331 g/mol. The molecule has 0 bridgehead atoms. The molecule has 0 amide bonds. The molecule has 1 aromatic heterocycles. The Balaban J connectivity index is 2.36. The van der Waals surface area contributed by atoms with E-state index in [1.807, 2.05) is 0 Å². The summed E-state index contributed by atoms with van der Waals surface area (Å²) >= 11 is 5.67. The average Bonchev–Trinajstić information content (AvgIpc) is 2.40. The van der Waals surface area contributed by atoms with Crippen LogP contribution in [0.15, 0.2) is 6.33 Å².